The highest BCUT2D eigenvalue weighted by atomic mass is 32.2. The zero-order chi connectivity index (χ0) is 24.8. The van der Waals surface area contributed by atoms with E-state index < -0.39 is 39.9 Å². The summed E-state index contributed by atoms with van der Waals surface area (Å²) in [6.45, 7) is 1.37. The first-order valence-electron chi connectivity index (χ1n) is 10.3. The van der Waals surface area contributed by atoms with Gasteiger partial charge in [0.15, 0.2) is 0 Å². The van der Waals surface area contributed by atoms with Crippen LogP contribution in [0.4, 0.5) is 18.9 Å². The Bertz CT molecular complexity index is 1210. The first-order valence-corrected chi connectivity index (χ1v) is 11.8. The summed E-state index contributed by atoms with van der Waals surface area (Å²) in [4.78, 5) is 12.6. The van der Waals surface area contributed by atoms with E-state index in [0.29, 0.717) is 17.9 Å². The second kappa shape index (κ2) is 10.7. The molecule has 0 radical (unpaired) electrons. The van der Waals surface area contributed by atoms with Crippen molar-refractivity contribution in [2.45, 2.75) is 24.5 Å². The van der Waals surface area contributed by atoms with E-state index >= 15 is 0 Å². The number of benzene rings is 3. The fourth-order valence-corrected chi connectivity index (χ4v) is 4.61. The molecule has 3 rings (SSSR count). The largest absolute Gasteiger partial charge is 0.494 e. The molecule has 0 aliphatic heterocycles. The number of nitrogens with one attached hydrogen (secondary N) is 1. The van der Waals surface area contributed by atoms with Gasteiger partial charge in [-0.25, -0.2) is 8.42 Å². The van der Waals surface area contributed by atoms with Gasteiger partial charge in [-0.05, 0) is 48.9 Å². The molecule has 6 nitrogen and oxygen atoms in total. The molecule has 0 fully saturated rings. The molecule has 0 atom stereocenters. The van der Waals surface area contributed by atoms with Gasteiger partial charge in [0.1, 0.15) is 5.75 Å². The Morgan fingerprint density at radius 1 is 0.941 bits per heavy atom. The lowest BCUT2D eigenvalue weighted by Crippen LogP contribution is -2.37. The van der Waals surface area contributed by atoms with Crippen molar-refractivity contribution in [3.8, 4) is 5.75 Å². The highest BCUT2D eigenvalue weighted by Crippen LogP contribution is 2.34. The van der Waals surface area contributed by atoms with Crippen LogP contribution in [-0.4, -0.2) is 31.8 Å². The Morgan fingerprint density at radius 2 is 1.56 bits per heavy atom. The topological polar surface area (TPSA) is 75.7 Å². The second-order valence-electron chi connectivity index (χ2n) is 7.25. The summed E-state index contributed by atoms with van der Waals surface area (Å²) in [6, 6.07) is 18.8. The maximum absolute atomic E-state index is 13.3. The lowest BCUT2D eigenvalue weighted by molar-refractivity contribution is -0.137. The van der Waals surface area contributed by atoms with E-state index in [4.69, 9.17) is 4.74 Å². The van der Waals surface area contributed by atoms with E-state index in [1.807, 2.05) is 0 Å². The van der Waals surface area contributed by atoms with E-state index in [-0.39, 0.29) is 11.4 Å². The summed E-state index contributed by atoms with van der Waals surface area (Å²) in [5.74, 6) is -0.417. The van der Waals surface area contributed by atoms with E-state index in [0.717, 1.165) is 16.4 Å². The molecule has 10 heteroatoms. The molecule has 0 unspecified atom stereocenters. The molecule has 3 aromatic carbocycles. The van der Waals surface area contributed by atoms with Crippen molar-refractivity contribution < 1.29 is 31.1 Å². The Hall–Kier alpha value is -3.37. The van der Waals surface area contributed by atoms with Gasteiger partial charge in [-0.15, -0.1) is 0 Å². The number of carbonyl (C=O) groups is 1. The maximum atomic E-state index is 13.3. The summed E-state index contributed by atoms with van der Waals surface area (Å²) in [7, 11) is -4.16. The van der Waals surface area contributed by atoms with Crippen LogP contribution in [0.25, 0.3) is 0 Å². The molecule has 0 aliphatic rings. The summed E-state index contributed by atoms with van der Waals surface area (Å²) in [6.07, 6.45) is -4.68. The van der Waals surface area contributed by atoms with Gasteiger partial charge in [-0.1, -0.05) is 42.5 Å². The van der Waals surface area contributed by atoms with E-state index in [1.54, 1.807) is 37.3 Å². The van der Waals surface area contributed by atoms with Gasteiger partial charge in [0, 0.05) is 6.54 Å². The number of halogens is 3. The van der Waals surface area contributed by atoms with Gasteiger partial charge >= 0.3 is 6.18 Å². The lowest BCUT2D eigenvalue weighted by Gasteiger charge is -2.22. The minimum atomic E-state index is -4.68. The monoisotopic (exact) mass is 492 g/mol. The van der Waals surface area contributed by atoms with E-state index in [9.17, 15) is 26.4 Å². The molecule has 0 spiro atoms. The normalized spacial score (nSPS) is 11.9. The van der Waals surface area contributed by atoms with Crippen LogP contribution in [0, 0.1) is 0 Å². The number of hydrogen-bond acceptors (Lipinski definition) is 4. The predicted octanol–water partition coefficient (Wildman–Crippen LogP) is 4.93. The number of rotatable bonds is 9. The molecular weight excluding hydrogens is 469 g/mol. The van der Waals surface area contributed by atoms with Crippen LogP contribution < -0.4 is 10.1 Å². The van der Waals surface area contributed by atoms with Crippen molar-refractivity contribution >= 4 is 21.6 Å². The smallest absolute Gasteiger partial charge is 0.418 e. The number of anilines is 1. The van der Waals surface area contributed by atoms with Crippen LogP contribution >= 0.6 is 0 Å². The quantitative estimate of drug-likeness (QED) is 0.460. The fourth-order valence-electron chi connectivity index (χ4n) is 3.23. The zero-order valence-electron chi connectivity index (χ0n) is 18.2. The molecule has 3 aromatic rings. The minimum absolute atomic E-state index is 0.0737. The Labute approximate surface area is 196 Å². The van der Waals surface area contributed by atoms with E-state index in [1.165, 1.54) is 36.4 Å². The van der Waals surface area contributed by atoms with Crippen molar-refractivity contribution in [1.29, 1.82) is 0 Å². The number of carbonyl (C=O) groups excluding carboxylic acids is 1. The van der Waals surface area contributed by atoms with Gasteiger partial charge in [0.05, 0.1) is 29.3 Å². The van der Waals surface area contributed by atoms with E-state index in [2.05, 4.69) is 5.32 Å². The maximum Gasteiger partial charge on any atom is 0.418 e. The molecule has 180 valence electrons. The van der Waals surface area contributed by atoms with Crippen LogP contribution in [0.5, 0.6) is 5.75 Å². The van der Waals surface area contributed by atoms with Crippen LogP contribution in [-0.2, 0) is 27.5 Å². The molecule has 0 bridgehead atoms. The molecule has 0 aromatic heterocycles. The fraction of sp³-hybridized carbons (Fsp3) is 0.208. The molecule has 0 heterocycles. The molecule has 0 aliphatic carbocycles. The zero-order valence-corrected chi connectivity index (χ0v) is 19.1. The minimum Gasteiger partial charge on any atom is -0.494 e. The lowest BCUT2D eigenvalue weighted by atomic mass is 10.1. The number of nitrogens with zero attached hydrogens (tertiary/aromatic N) is 1. The average Bonchev–Trinajstić information content (AvgIpc) is 2.79. The number of ether oxygens (including phenoxy) is 1. The van der Waals surface area contributed by atoms with Crippen molar-refractivity contribution in [2.75, 3.05) is 18.5 Å². The first kappa shape index (κ1) is 25.3. The second-order valence-corrected chi connectivity index (χ2v) is 9.19. The number of para-hydroxylation sites is 1. The van der Waals surface area contributed by atoms with Gasteiger partial charge in [-0.3, -0.25) is 4.79 Å². The summed E-state index contributed by atoms with van der Waals surface area (Å²) < 4.78 is 72.8. The summed E-state index contributed by atoms with van der Waals surface area (Å²) >= 11 is 0. The third-order valence-electron chi connectivity index (χ3n) is 4.80. The van der Waals surface area contributed by atoms with Crippen molar-refractivity contribution in [1.82, 2.24) is 4.31 Å². The SMILES string of the molecule is CCOc1ccc(S(=O)(=O)N(CC(=O)Nc2ccccc2C(F)(F)F)Cc2ccccc2)cc1. The third-order valence-corrected chi connectivity index (χ3v) is 6.61. The standard InChI is InChI=1S/C24H23F3N2O4S/c1-2-33-19-12-14-20(15-13-19)34(31,32)29(16-18-8-4-3-5-9-18)17-23(30)28-22-11-7-6-10-21(22)24(25,26)27/h3-15H,2,16-17H2,1H3,(H,28,30). The Balaban J connectivity index is 1.88. The van der Waals surface area contributed by atoms with Crippen molar-refractivity contribution in [3.63, 3.8) is 0 Å². The third kappa shape index (κ3) is 6.36. The number of alkyl halides is 3. The Kier molecular flexibility index (Phi) is 7.95. The van der Waals surface area contributed by atoms with Crippen LogP contribution in [0.3, 0.4) is 0 Å². The highest BCUT2D eigenvalue weighted by molar-refractivity contribution is 7.89. The van der Waals surface area contributed by atoms with Gasteiger partial charge in [0.25, 0.3) is 0 Å². The Morgan fingerprint density at radius 3 is 2.18 bits per heavy atom. The summed E-state index contributed by atoms with van der Waals surface area (Å²) in [5, 5.41) is 2.20. The van der Waals surface area contributed by atoms with Gasteiger partial charge in [0.2, 0.25) is 15.9 Å². The molecule has 0 saturated heterocycles. The molecule has 34 heavy (non-hydrogen) atoms. The van der Waals surface area contributed by atoms with Crippen molar-refractivity contribution in [2.24, 2.45) is 0 Å². The predicted molar refractivity (Wildman–Crippen MR) is 122 cm³/mol. The summed E-state index contributed by atoms with van der Waals surface area (Å²) in [5.41, 5.74) is -0.856. The number of hydrogen-bond donors (Lipinski definition) is 1. The van der Waals surface area contributed by atoms with Gasteiger partial charge in [-0.2, -0.15) is 17.5 Å². The number of amides is 1. The van der Waals surface area contributed by atoms with Crippen LogP contribution in [0.15, 0.2) is 83.8 Å². The van der Waals surface area contributed by atoms with Crippen LogP contribution in [0.1, 0.15) is 18.1 Å². The van der Waals surface area contributed by atoms with Gasteiger partial charge < -0.3 is 10.1 Å². The number of sulfonamides is 1. The van der Waals surface area contributed by atoms with Crippen LogP contribution in [0.2, 0.25) is 0 Å². The molecule has 1 N–H and O–H groups in total. The van der Waals surface area contributed by atoms with Crippen molar-refractivity contribution in [3.05, 3.63) is 90.0 Å². The molecule has 1 amide bonds. The molecular formula is C24H23F3N2O4S. The average molecular weight is 493 g/mol. The first-order chi connectivity index (χ1) is 16.1. The molecule has 0 saturated carbocycles. The highest BCUT2D eigenvalue weighted by Gasteiger charge is 2.34.